The van der Waals surface area contributed by atoms with Gasteiger partial charge in [-0.3, -0.25) is 9.80 Å². The van der Waals surface area contributed by atoms with Crippen molar-refractivity contribution in [2.24, 2.45) is 11.8 Å². The van der Waals surface area contributed by atoms with E-state index in [1.54, 1.807) is 6.33 Å². The fourth-order valence-electron chi connectivity index (χ4n) is 6.27. The molecule has 3 unspecified atom stereocenters. The molecule has 7 heteroatoms. The van der Waals surface area contributed by atoms with Crippen molar-refractivity contribution in [3.05, 3.63) is 48.8 Å². The number of hydrazine groups is 1. The van der Waals surface area contributed by atoms with Crippen LogP contribution in [0.1, 0.15) is 44.2 Å². The quantitative estimate of drug-likeness (QED) is 0.647. The van der Waals surface area contributed by atoms with Crippen molar-refractivity contribution >= 4 is 0 Å². The van der Waals surface area contributed by atoms with Gasteiger partial charge in [-0.1, -0.05) is 20.1 Å². The lowest BCUT2D eigenvalue weighted by molar-refractivity contribution is -0.0209. The lowest BCUT2D eigenvalue weighted by atomic mass is 9.86. The summed E-state index contributed by atoms with van der Waals surface area (Å²) in [5.74, 6) is 1.39. The summed E-state index contributed by atoms with van der Waals surface area (Å²) < 4.78 is 0. The Morgan fingerprint density at radius 2 is 2.12 bits per heavy atom. The van der Waals surface area contributed by atoms with Gasteiger partial charge in [-0.05, 0) is 51.3 Å². The highest BCUT2D eigenvalue weighted by atomic mass is 15.5. The van der Waals surface area contributed by atoms with E-state index in [9.17, 15) is 0 Å². The van der Waals surface area contributed by atoms with E-state index in [1.807, 2.05) is 12.3 Å². The Bertz CT molecular complexity index is 828. The highest BCUT2D eigenvalue weighted by Crippen LogP contribution is 2.56. The van der Waals surface area contributed by atoms with E-state index >= 15 is 0 Å². The maximum absolute atomic E-state index is 4.53. The number of nitrogens with one attached hydrogen (secondary N) is 2. The molecule has 0 aromatic carbocycles. The van der Waals surface area contributed by atoms with Crippen LogP contribution in [0.2, 0.25) is 0 Å². The summed E-state index contributed by atoms with van der Waals surface area (Å²) in [6, 6.07) is 2.20. The number of allylic oxidation sites excluding steroid dienone is 1. The van der Waals surface area contributed by atoms with E-state index in [2.05, 4.69) is 62.6 Å². The zero-order valence-corrected chi connectivity index (χ0v) is 19.8. The van der Waals surface area contributed by atoms with Gasteiger partial charge in [0.25, 0.3) is 0 Å². The number of rotatable bonds is 8. The van der Waals surface area contributed by atoms with Gasteiger partial charge in [0.2, 0.25) is 0 Å². The Kier molecular flexibility index (Phi) is 5.99. The summed E-state index contributed by atoms with van der Waals surface area (Å²) >= 11 is 0. The van der Waals surface area contributed by atoms with Crippen LogP contribution in [-0.2, 0) is 0 Å². The third-order valence-electron chi connectivity index (χ3n) is 8.37. The molecule has 3 saturated heterocycles. The van der Waals surface area contributed by atoms with Crippen molar-refractivity contribution in [2.75, 3.05) is 46.3 Å². The van der Waals surface area contributed by atoms with Crippen LogP contribution < -0.4 is 10.7 Å². The zero-order chi connectivity index (χ0) is 22.3. The molecule has 4 aliphatic rings. The SMILES string of the molecule is C=C(NC(CN1CC2(CCCN2C)C1)C(=C)N1CCCCN1)[C@@H]1C(C)C1c1ccncn1. The van der Waals surface area contributed by atoms with Gasteiger partial charge < -0.3 is 10.3 Å². The number of hydrogen-bond donors (Lipinski definition) is 2. The lowest BCUT2D eigenvalue weighted by Crippen LogP contribution is -2.68. The largest absolute Gasteiger partial charge is 0.379 e. The third kappa shape index (κ3) is 4.06. The maximum Gasteiger partial charge on any atom is 0.115 e. The van der Waals surface area contributed by atoms with Crippen molar-refractivity contribution in [1.29, 1.82) is 0 Å². The van der Waals surface area contributed by atoms with Crippen molar-refractivity contribution in [1.82, 2.24) is 35.5 Å². The zero-order valence-electron chi connectivity index (χ0n) is 19.8. The second-order valence-electron chi connectivity index (χ2n) is 10.4. The predicted molar refractivity (Wildman–Crippen MR) is 128 cm³/mol. The molecule has 1 saturated carbocycles. The summed E-state index contributed by atoms with van der Waals surface area (Å²) in [6.45, 7) is 17.9. The first kappa shape index (κ1) is 21.9. The van der Waals surface area contributed by atoms with Gasteiger partial charge in [0.05, 0.1) is 6.04 Å². The molecule has 0 amide bonds. The first-order valence-electron chi connectivity index (χ1n) is 12.3. The highest BCUT2D eigenvalue weighted by Gasteiger charge is 2.51. The van der Waals surface area contributed by atoms with E-state index in [0.29, 0.717) is 23.3 Å². The number of nitrogens with zero attached hydrogens (tertiary/aromatic N) is 5. The molecule has 0 radical (unpaired) electrons. The molecule has 1 aromatic heterocycles. The Morgan fingerprint density at radius 3 is 2.78 bits per heavy atom. The van der Waals surface area contributed by atoms with Crippen LogP contribution in [0.5, 0.6) is 0 Å². The van der Waals surface area contributed by atoms with Gasteiger partial charge >= 0.3 is 0 Å². The smallest absolute Gasteiger partial charge is 0.115 e. The normalized spacial score (nSPS) is 30.7. The molecule has 1 aromatic rings. The minimum Gasteiger partial charge on any atom is -0.379 e. The summed E-state index contributed by atoms with van der Waals surface area (Å²) in [4.78, 5) is 13.7. The standard InChI is InChI=1S/C25H39N7/c1-18-23(24(18)21-8-11-26-17-27-21)19(2)29-22(20(3)32-13-6-5-10-28-32)14-31-15-25(16-31)9-7-12-30(25)4/h8,11,17-18,22-24,28-29H,2-3,5-7,9-10,12-16H2,1,4H3/t18?,22?,23-,24?/m0/s1. The molecule has 32 heavy (non-hydrogen) atoms. The number of hydrogen-bond acceptors (Lipinski definition) is 7. The van der Waals surface area contributed by atoms with Crippen molar-refractivity contribution < 1.29 is 0 Å². The minimum absolute atomic E-state index is 0.163. The Labute approximate surface area is 192 Å². The number of aromatic nitrogens is 2. The van der Waals surface area contributed by atoms with Gasteiger partial charge in [0, 0.05) is 73.4 Å². The molecule has 5 rings (SSSR count). The monoisotopic (exact) mass is 437 g/mol. The average Bonchev–Trinajstić information content (AvgIpc) is 3.32. The molecule has 4 fully saturated rings. The van der Waals surface area contributed by atoms with Crippen molar-refractivity contribution in [2.45, 2.75) is 50.1 Å². The maximum atomic E-state index is 4.53. The van der Waals surface area contributed by atoms with Crippen molar-refractivity contribution in [3.63, 3.8) is 0 Å². The Hall–Kier alpha value is -1.96. The van der Waals surface area contributed by atoms with Crippen LogP contribution >= 0.6 is 0 Å². The molecular formula is C25H39N7. The first-order chi connectivity index (χ1) is 15.5. The van der Waals surface area contributed by atoms with Crippen LogP contribution in [0.3, 0.4) is 0 Å². The van der Waals surface area contributed by atoms with Crippen LogP contribution in [0.4, 0.5) is 0 Å². The summed E-state index contributed by atoms with van der Waals surface area (Å²) in [5, 5.41) is 6.09. The van der Waals surface area contributed by atoms with E-state index in [1.165, 1.54) is 32.2 Å². The molecular weight excluding hydrogens is 398 g/mol. The predicted octanol–water partition coefficient (Wildman–Crippen LogP) is 2.19. The van der Waals surface area contributed by atoms with E-state index in [-0.39, 0.29) is 6.04 Å². The highest BCUT2D eigenvalue weighted by molar-refractivity contribution is 5.29. The second kappa shape index (κ2) is 8.76. The first-order valence-corrected chi connectivity index (χ1v) is 12.3. The topological polar surface area (TPSA) is 59.6 Å². The average molecular weight is 438 g/mol. The van der Waals surface area contributed by atoms with Crippen LogP contribution in [-0.4, -0.2) is 82.7 Å². The molecule has 174 valence electrons. The van der Waals surface area contributed by atoms with Crippen LogP contribution in [0, 0.1) is 11.8 Å². The van der Waals surface area contributed by atoms with E-state index in [4.69, 9.17) is 0 Å². The van der Waals surface area contributed by atoms with E-state index < -0.39 is 0 Å². The Morgan fingerprint density at radius 1 is 1.28 bits per heavy atom. The minimum atomic E-state index is 0.163. The summed E-state index contributed by atoms with van der Waals surface area (Å²) in [7, 11) is 2.29. The molecule has 1 aliphatic carbocycles. The fraction of sp³-hybridized carbons (Fsp3) is 0.680. The van der Waals surface area contributed by atoms with Gasteiger partial charge in [-0.2, -0.15) is 0 Å². The molecule has 1 spiro atoms. The Balaban J connectivity index is 1.25. The van der Waals surface area contributed by atoms with Crippen LogP contribution in [0.15, 0.2) is 43.1 Å². The number of likely N-dealkylation sites (N-methyl/N-ethyl adjacent to an activating group) is 1. The fourth-order valence-corrected chi connectivity index (χ4v) is 6.27. The van der Waals surface area contributed by atoms with Crippen molar-refractivity contribution in [3.8, 4) is 0 Å². The third-order valence-corrected chi connectivity index (χ3v) is 8.37. The van der Waals surface area contributed by atoms with Gasteiger partial charge in [-0.15, -0.1) is 0 Å². The van der Waals surface area contributed by atoms with E-state index in [0.717, 1.165) is 49.8 Å². The molecule has 0 bridgehead atoms. The summed E-state index contributed by atoms with van der Waals surface area (Å²) in [5.41, 5.74) is 7.35. The second-order valence-corrected chi connectivity index (χ2v) is 10.4. The molecule has 3 aliphatic heterocycles. The summed E-state index contributed by atoms with van der Waals surface area (Å²) in [6.07, 6.45) is 8.60. The van der Waals surface area contributed by atoms with Gasteiger partial charge in [0.1, 0.15) is 6.33 Å². The molecule has 2 N–H and O–H groups in total. The van der Waals surface area contributed by atoms with Gasteiger partial charge in [-0.25, -0.2) is 15.4 Å². The lowest BCUT2D eigenvalue weighted by Gasteiger charge is -2.53. The van der Waals surface area contributed by atoms with Crippen LogP contribution in [0.25, 0.3) is 0 Å². The van der Waals surface area contributed by atoms with Gasteiger partial charge in [0.15, 0.2) is 0 Å². The molecule has 4 heterocycles. The number of likely N-dealkylation sites (tertiary alicyclic amines) is 2. The molecule has 7 nitrogen and oxygen atoms in total. The molecule has 4 atom stereocenters.